The Balaban J connectivity index is 2.65. The molecule has 2 rings (SSSR count). The molecule has 0 bridgehead atoms. The maximum atomic E-state index is 6.01. The highest BCUT2D eigenvalue weighted by molar-refractivity contribution is 6.31. The van der Waals surface area contributed by atoms with E-state index < -0.39 is 0 Å². The highest BCUT2D eigenvalue weighted by Crippen LogP contribution is 2.39. The lowest BCUT2D eigenvalue weighted by Gasteiger charge is -2.09. The van der Waals surface area contributed by atoms with Crippen molar-refractivity contribution in [2.24, 2.45) is 0 Å². The third kappa shape index (κ3) is 2.16. The summed E-state index contributed by atoms with van der Waals surface area (Å²) in [6, 6.07) is 5.34. The minimum absolute atomic E-state index is 0.204. The number of hydrogen-bond donors (Lipinski definition) is 1. The van der Waals surface area contributed by atoms with Crippen molar-refractivity contribution in [3.63, 3.8) is 0 Å². The average Bonchev–Trinajstić information content (AvgIpc) is 2.71. The lowest BCUT2D eigenvalue weighted by atomic mass is 9.99. The summed E-state index contributed by atoms with van der Waals surface area (Å²) in [6.07, 6.45) is 0. The first-order valence-corrected chi connectivity index (χ1v) is 6.01. The second-order valence-electron chi connectivity index (χ2n) is 4.31. The van der Waals surface area contributed by atoms with Gasteiger partial charge in [0.25, 0.3) is 0 Å². The molecule has 0 saturated heterocycles. The standard InChI is InChI=1S/C13H15ClN2O2/c1-7(2)11-12(18-16-13(11)15)9-6-8(14)4-5-10(9)17-3/h4-7H,1-3H3,(H2,15,16). The largest absolute Gasteiger partial charge is 0.496 e. The number of benzene rings is 1. The topological polar surface area (TPSA) is 61.3 Å². The molecule has 1 aromatic heterocycles. The Morgan fingerprint density at radius 2 is 2.11 bits per heavy atom. The second-order valence-corrected chi connectivity index (χ2v) is 4.75. The van der Waals surface area contributed by atoms with Gasteiger partial charge in [-0.25, -0.2) is 0 Å². The lowest BCUT2D eigenvalue weighted by molar-refractivity contribution is 0.406. The van der Waals surface area contributed by atoms with Gasteiger partial charge in [0.2, 0.25) is 0 Å². The van der Waals surface area contributed by atoms with Crippen LogP contribution in [0.3, 0.4) is 0 Å². The molecule has 0 aliphatic carbocycles. The first-order valence-electron chi connectivity index (χ1n) is 5.63. The lowest BCUT2D eigenvalue weighted by Crippen LogP contribution is -1.96. The normalized spacial score (nSPS) is 10.9. The van der Waals surface area contributed by atoms with Crippen LogP contribution in [-0.2, 0) is 0 Å². The van der Waals surface area contributed by atoms with E-state index in [1.165, 1.54) is 0 Å². The Bertz CT molecular complexity index is 564. The molecular weight excluding hydrogens is 252 g/mol. The van der Waals surface area contributed by atoms with Gasteiger partial charge in [-0.15, -0.1) is 0 Å². The Morgan fingerprint density at radius 1 is 1.39 bits per heavy atom. The van der Waals surface area contributed by atoms with Gasteiger partial charge in [0.05, 0.1) is 12.7 Å². The number of hydrogen-bond acceptors (Lipinski definition) is 4. The average molecular weight is 267 g/mol. The van der Waals surface area contributed by atoms with Crippen LogP contribution in [0.4, 0.5) is 5.82 Å². The fourth-order valence-corrected chi connectivity index (χ4v) is 2.09. The maximum Gasteiger partial charge on any atom is 0.176 e. The smallest absolute Gasteiger partial charge is 0.176 e. The van der Waals surface area contributed by atoms with E-state index in [-0.39, 0.29) is 5.92 Å². The van der Waals surface area contributed by atoms with Crippen LogP contribution in [0.5, 0.6) is 5.75 Å². The molecule has 0 fully saturated rings. The van der Waals surface area contributed by atoms with E-state index in [2.05, 4.69) is 5.16 Å². The summed E-state index contributed by atoms with van der Waals surface area (Å²) in [5, 5.41) is 4.43. The summed E-state index contributed by atoms with van der Waals surface area (Å²) < 4.78 is 10.6. The Labute approximate surface area is 111 Å². The minimum Gasteiger partial charge on any atom is -0.496 e. The fraction of sp³-hybridized carbons (Fsp3) is 0.308. The number of nitrogens with zero attached hydrogens (tertiary/aromatic N) is 1. The van der Waals surface area contributed by atoms with Gasteiger partial charge >= 0.3 is 0 Å². The van der Waals surface area contributed by atoms with Crippen LogP contribution in [0.25, 0.3) is 11.3 Å². The quantitative estimate of drug-likeness (QED) is 0.920. The number of halogens is 1. The third-order valence-corrected chi connectivity index (χ3v) is 2.97. The third-order valence-electron chi connectivity index (χ3n) is 2.74. The predicted molar refractivity (Wildman–Crippen MR) is 72.0 cm³/mol. The van der Waals surface area contributed by atoms with Gasteiger partial charge < -0.3 is 15.0 Å². The number of nitrogen functional groups attached to an aromatic ring is 1. The molecule has 0 aliphatic heterocycles. The van der Waals surface area contributed by atoms with E-state index in [9.17, 15) is 0 Å². The van der Waals surface area contributed by atoms with Crippen LogP contribution in [0.15, 0.2) is 22.7 Å². The van der Waals surface area contributed by atoms with Crippen molar-refractivity contribution in [1.29, 1.82) is 0 Å². The number of methoxy groups -OCH3 is 1. The van der Waals surface area contributed by atoms with Crippen molar-refractivity contribution < 1.29 is 9.26 Å². The summed E-state index contributed by atoms with van der Waals surface area (Å²) in [4.78, 5) is 0. The van der Waals surface area contributed by atoms with Crippen molar-refractivity contribution >= 4 is 17.4 Å². The number of anilines is 1. The molecule has 96 valence electrons. The molecule has 0 saturated carbocycles. The zero-order valence-electron chi connectivity index (χ0n) is 10.5. The zero-order chi connectivity index (χ0) is 13.3. The van der Waals surface area contributed by atoms with Crippen LogP contribution < -0.4 is 10.5 Å². The number of ether oxygens (including phenoxy) is 1. The number of rotatable bonds is 3. The summed E-state index contributed by atoms with van der Waals surface area (Å²) >= 11 is 6.01. The van der Waals surface area contributed by atoms with Crippen LogP contribution in [0, 0.1) is 0 Å². The molecule has 5 heteroatoms. The van der Waals surface area contributed by atoms with E-state index in [4.69, 9.17) is 26.6 Å². The van der Waals surface area contributed by atoms with Crippen molar-refractivity contribution in [3.8, 4) is 17.1 Å². The summed E-state index contributed by atoms with van der Waals surface area (Å²) in [6.45, 7) is 4.06. The molecular formula is C13H15ClN2O2. The Hall–Kier alpha value is -1.68. The molecule has 1 aromatic carbocycles. The highest BCUT2D eigenvalue weighted by Gasteiger charge is 2.21. The number of aromatic nitrogens is 1. The van der Waals surface area contributed by atoms with Crippen LogP contribution >= 0.6 is 11.6 Å². The Morgan fingerprint density at radius 3 is 2.72 bits per heavy atom. The van der Waals surface area contributed by atoms with Crippen molar-refractivity contribution in [2.75, 3.05) is 12.8 Å². The Kier molecular flexibility index (Phi) is 3.48. The second kappa shape index (κ2) is 4.90. The minimum atomic E-state index is 0.204. The van der Waals surface area contributed by atoms with E-state index >= 15 is 0 Å². The maximum absolute atomic E-state index is 6.01. The molecule has 18 heavy (non-hydrogen) atoms. The van der Waals surface area contributed by atoms with Gasteiger partial charge in [-0.1, -0.05) is 30.6 Å². The molecule has 0 radical (unpaired) electrons. The molecule has 0 amide bonds. The van der Waals surface area contributed by atoms with Gasteiger partial charge in [-0.05, 0) is 24.1 Å². The van der Waals surface area contributed by atoms with E-state index in [1.54, 1.807) is 25.3 Å². The van der Waals surface area contributed by atoms with Crippen molar-refractivity contribution in [2.45, 2.75) is 19.8 Å². The molecule has 0 atom stereocenters. The summed E-state index contributed by atoms with van der Waals surface area (Å²) in [7, 11) is 1.60. The van der Waals surface area contributed by atoms with E-state index in [0.29, 0.717) is 22.4 Å². The first kappa shape index (κ1) is 12.8. The van der Waals surface area contributed by atoms with Crippen LogP contribution in [0.2, 0.25) is 5.02 Å². The van der Waals surface area contributed by atoms with Gasteiger partial charge in [0.15, 0.2) is 11.6 Å². The molecule has 1 heterocycles. The van der Waals surface area contributed by atoms with Gasteiger partial charge in [-0.3, -0.25) is 0 Å². The van der Waals surface area contributed by atoms with Gasteiger partial charge in [0.1, 0.15) is 5.75 Å². The number of nitrogens with two attached hydrogens (primary N) is 1. The zero-order valence-corrected chi connectivity index (χ0v) is 11.3. The van der Waals surface area contributed by atoms with Gasteiger partial charge in [-0.2, -0.15) is 0 Å². The predicted octanol–water partition coefficient (Wildman–Crippen LogP) is 3.71. The fourth-order valence-electron chi connectivity index (χ4n) is 1.92. The summed E-state index contributed by atoms with van der Waals surface area (Å²) in [5.74, 6) is 1.90. The van der Waals surface area contributed by atoms with Crippen molar-refractivity contribution in [1.82, 2.24) is 5.16 Å². The van der Waals surface area contributed by atoms with E-state index in [1.807, 2.05) is 13.8 Å². The molecule has 2 N–H and O–H groups in total. The van der Waals surface area contributed by atoms with Crippen LogP contribution in [-0.4, -0.2) is 12.3 Å². The monoisotopic (exact) mass is 266 g/mol. The SMILES string of the molecule is COc1ccc(Cl)cc1-c1onc(N)c1C(C)C. The van der Waals surface area contributed by atoms with Gasteiger partial charge in [0, 0.05) is 10.6 Å². The molecule has 2 aromatic rings. The first-order chi connectivity index (χ1) is 8.54. The molecule has 4 nitrogen and oxygen atoms in total. The van der Waals surface area contributed by atoms with Crippen LogP contribution in [0.1, 0.15) is 25.3 Å². The molecule has 0 spiro atoms. The van der Waals surface area contributed by atoms with E-state index in [0.717, 1.165) is 11.1 Å². The highest BCUT2D eigenvalue weighted by atomic mass is 35.5. The van der Waals surface area contributed by atoms with Crippen molar-refractivity contribution in [3.05, 3.63) is 28.8 Å². The summed E-state index contributed by atoms with van der Waals surface area (Å²) in [5.41, 5.74) is 7.46. The molecule has 0 aliphatic rings. The molecule has 0 unspecified atom stereocenters.